The normalized spacial score (nSPS) is 13.9. The van der Waals surface area contributed by atoms with E-state index in [1.807, 2.05) is 45.0 Å². The Morgan fingerprint density at radius 3 is 2.30 bits per heavy atom. The number of methoxy groups -OCH3 is 1. The molecule has 4 amide bonds. The maximum atomic E-state index is 13.1. The third-order valence-electron chi connectivity index (χ3n) is 6.16. The van der Waals surface area contributed by atoms with Gasteiger partial charge in [0, 0.05) is 16.9 Å². The Bertz CT molecular complexity index is 1500. The minimum atomic E-state index is -0.601. The van der Waals surface area contributed by atoms with E-state index in [1.54, 1.807) is 36.4 Å². The summed E-state index contributed by atoms with van der Waals surface area (Å²) in [5.74, 6) is -0.879. The Kier molecular flexibility index (Phi) is 8.90. The molecule has 0 unspecified atom stereocenters. The Balaban J connectivity index is 1.46. The van der Waals surface area contributed by atoms with E-state index in [1.165, 1.54) is 13.2 Å². The summed E-state index contributed by atoms with van der Waals surface area (Å²) in [6.07, 6.45) is 1.49. The first-order valence-electron chi connectivity index (χ1n) is 12.4. The molecule has 1 aliphatic rings. The summed E-state index contributed by atoms with van der Waals surface area (Å²) in [4.78, 5) is 51.8. The van der Waals surface area contributed by atoms with Crippen molar-refractivity contribution in [3.05, 3.63) is 87.8 Å². The monoisotopic (exact) mass is 559 g/mol. The van der Waals surface area contributed by atoms with Crippen molar-refractivity contribution in [3.8, 4) is 11.5 Å². The van der Waals surface area contributed by atoms with Crippen molar-refractivity contribution in [2.75, 3.05) is 30.9 Å². The van der Waals surface area contributed by atoms with Crippen LogP contribution in [0.2, 0.25) is 0 Å². The van der Waals surface area contributed by atoms with Gasteiger partial charge in [0.15, 0.2) is 18.1 Å². The number of carbonyl (C=O) groups is 4. The summed E-state index contributed by atoms with van der Waals surface area (Å²) in [6, 6.07) is 17.9. The maximum absolute atomic E-state index is 13.1. The molecular formula is C30H29N3O6S. The van der Waals surface area contributed by atoms with E-state index >= 15 is 0 Å². The molecule has 40 heavy (non-hydrogen) atoms. The first-order valence-corrected chi connectivity index (χ1v) is 13.2. The predicted octanol–water partition coefficient (Wildman–Crippen LogP) is 5.31. The summed E-state index contributed by atoms with van der Waals surface area (Å²) < 4.78 is 11.2. The van der Waals surface area contributed by atoms with Crippen molar-refractivity contribution in [2.45, 2.75) is 20.8 Å². The highest BCUT2D eigenvalue weighted by molar-refractivity contribution is 8.18. The van der Waals surface area contributed by atoms with Gasteiger partial charge in [0.05, 0.1) is 12.0 Å². The molecule has 3 aromatic rings. The molecule has 1 saturated heterocycles. The van der Waals surface area contributed by atoms with Crippen molar-refractivity contribution in [3.63, 3.8) is 0 Å². The van der Waals surface area contributed by atoms with Crippen molar-refractivity contribution in [1.82, 2.24) is 4.90 Å². The number of amides is 4. The third-order valence-corrected chi connectivity index (χ3v) is 7.07. The lowest BCUT2D eigenvalue weighted by Gasteiger charge is -2.14. The Hall–Kier alpha value is -4.57. The van der Waals surface area contributed by atoms with Crippen LogP contribution in [0.15, 0.2) is 65.6 Å². The molecule has 0 aliphatic carbocycles. The average Bonchev–Trinajstić information content (AvgIpc) is 3.18. The van der Waals surface area contributed by atoms with Gasteiger partial charge in [-0.2, -0.15) is 0 Å². The van der Waals surface area contributed by atoms with Crippen LogP contribution in [0.1, 0.15) is 22.3 Å². The van der Waals surface area contributed by atoms with Gasteiger partial charge in [-0.3, -0.25) is 24.1 Å². The number of carbonyl (C=O) groups excluding carboxylic acids is 4. The topological polar surface area (TPSA) is 114 Å². The fraction of sp³-hybridized carbons (Fsp3) is 0.200. The highest BCUT2D eigenvalue weighted by atomic mass is 32.2. The van der Waals surface area contributed by atoms with Crippen LogP contribution in [0.3, 0.4) is 0 Å². The number of imide groups is 1. The Labute approximate surface area is 236 Å². The zero-order valence-corrected chi connectivity index (χ0v) is 23.4. The highest BCUT2D eigenvalue weighted by Crippen LogP contribution is 2.37. The van der Waals surface area contributed by atoms with E-state index in [0.717, 1.165) is 33.4 Å². The van der Waals surface area contributed by atoms with Gasteiger partial charge in [0.1, 0.15) is 6.54 Å². The molecule has 0 saturated carbocycles. The molecule has 0 bridgehead atoms. The fourth-order valence-electron chi connectivity index (χ4n) is 3.87. The number of nitrogens with one attached hydrogen (secondary N) is 2. The van der Waals surface area contributed by atoms with Crippen molar-refractivity contribution in [2.24, 2.45) is 0 Å². The molecule has 1 fully saturated rings. The van der Waals surface area contributed by atoms with Crippen molar-refractivity contribution >= 4 is 52.2 Å². The lowest BCUT2D eigenvalue weighted by atomic mass is 10.1. The number of nitrogens with zero attached hydrogens (tertiary/aromatic N) is 1. The summed E-state index contributed by atoms with van der Waals surface area (Å²) in [6.45, 7) is 5.12. The lowest BCUT2D eigenvalue weighted by Crippen LogP contribution is -2.36. The minimum absolute atomic E-state index is 0.117. The molecule has 4 rings (SSSR count). The zero-order chi connectivity index (χ0) is 28.8. The molecule has 0 radical (unpaired) electrons. The number of ether oxygens (including phenoxy) is 2. The summed E-state index contributed by atoms with van der Waals surface area (Å²) >= 11 is 0.722. The number of hydrogen-bond acceptors (Lipinski definition) is 7. The van der Waals surface area contributed by atoms with Gasteiger partial charge in [-0.25, -0.2) is 0 Å². The molecular weight excluding hydrogens is 530 g/mol. The van der Waals surface area contributed by atoms with E-state index in [2.05, 4.69) is 10.6 Å². The number of benzene rings is 3. The van der Waals surface area contributed by atoms with Crippen LogP contribution in [0.4, 0.5) is 16.2 Å². The molecule has 9 nitrogen and oxygen atoms in total. The molecule has 2 N–H and O–H groups in total. The molecule has 0 atom stereocenters. The van der Waals surface area contributed by atoms with Crippen molar-refractivity contribution in [1.29, 1.82) is 0 Å². The van der Waals surface area contributed by atoms with E-state index in [4.69, 9.17) is 9.47 Å². The highest BCUT2D eigenvalue weighted by Gasteiger charge is 2.36. The number of anilines is 2. The van der Waals surface area contributed by atoms with Gasteiger partial charge in [-0.15, -0.1) is 0 Å². The molecule has 10 heteroatoms. The van der Waals surface area contributed by atoms with Crippen LogP contribution in [-0.4, -0.2) is 48.1 Å². The standard InChI is InChI=1S/C30H29N3O6S/c1-18-8-11-22(12-9-18)31-27(35)17-39-28-21(6-5-7-24(28)38-4)15-25-29(36)33(30(37)40-25)16-26(34)32-23-13-10-19(2)20(3)14-23/h5-15H,16-17H2,1-4H3,(H,31,35)(H,32,34)/b25-15+. The van der Waals surface area contributed by atoms with E-state index in [0.29, 0.717) is 22.7 Å². The summed E-state index contributed by atoms with van der Waals surface area (Å²) in [7, 11) is 1.46. The van der Waals surface area contributed by atoms with Gasteiger partial charge in [-0.05, 0) is 80.1 Å². The van der Waals surface area contributed by atoms with Crippen molar-refractivity contribution < 1.29 is 28.7 Å². The van der Waals surface area contributed by atoms with Crippen LogP contribution in [0.25, 0.3) is 6.08 Å². The zero-order valence-electron chi connectivity index (χ0n) is 22.6. The van der Waals surface area contributed by atoms with E-state index in [-0.39, 0.29) is 23.2 Å². The molecule has 0 spiro atoms. The molecule has 0 aromatic heterocycles. The van der Waals surface area contributed by atoms with Gasteiger partial charge in [0.25, 0.3) is 17.1 Å². The van der Waals surface area contributed by atoms with Gasteiger partial charge in [0.2, 0.25) is 5.91 Å². The number of para-hydroxylation sites is 1. The SMILES string of the molecule is COc1cccc(/C=C2/SC(=O)N(CC(=O)Nc3ccc(C)c(C)c3)C2=O)c1OCC(=O)Nc1ccc(C)cc1. The van der Waals surface area contributed by atoms with Gasteiger partial charge < -0.3 is 20.1 Å². The van der Waals surface area contributed by atoms with E-state index in [9.17, 15) is 19.2 Å². The third kappa shape index (κ3) is 6.89. The summed E-state index contributed by atoms with van der Waals surface area (Å²) in [5, 5.41) is 4.93. The van der Waals surface area contributed by atoms with Crippen LogP contribution in [0, 0.1) is 20.8 Å². The van der Waals surface area contributed by atoms with Gasteiger partial charge >= 0.3 is 0 Å². The summed E-state index contributed by atoms with van der Waals surface area (Å²) in [5.41, 5.74) is 4.82. The molecule has 3 aromatic carbocycles. The predicted molar refractivity (Wildman–Crippen MR) is 156 cm³/mol. The smallest absolute Gasteiger partial charge is 0.294 e. The Morgan fingerprint density at radius 2 is 1.60 bits per heavy atom. The fourth-order valence-corrected chi connectivity index (χ4v) is 4.70. The second-order valence-electron chi connectivity index (χ2n) is 9.20. The first kappa shape index (κ1) is 28.4. The molecule has 1 heterocycles. The molecule has 206 valence electrons. The molecule has 1 aliphatic heterocycles. The largest absolute Gasteiger partial charge is 0.493 e. The Morgan fingerprint density at radius 1 is 0.900 bits per heavy atom. The first-order chi connectivity index (χ1) is 19.1. The second-order valence-corrected chi connectivity index (χ2v) is 10.2. The average molecular weight is 560 g/mol. The van der Waals surface area contributed by atoms with Crippen LogP contribution < -0.4 is 20.1 Å². The maximum Gasteiger partial charge on any atom is 0.294 e. The number of thioether (sulfide) groups is 1. The minimum Gasteiger partial charge on any atom is -0.493 e. The lowest BCUT2D eigenvalue weighted by molar-refractivity contribution is -0.127. The number of hydrogen-bond donors (Lipinski definition) is 2. The number of aryl methyl sites for hydroxylation is 3. The van der Waals surface area contributed by atoms with Crippen LogP contribution in [0.5, 0.6) is 11.5 Å². The second kappa shape index (κ2) is 12.5. The van der Waals surface area contributed by atoms with E-state index < -0.39 is 23.6 Å². The quantitative estimate of drug-likeness (QED) is 0.342. The van der Waals surface area contributed by atoms with Crippen LogP contribution in [-0.2, 0) is 14.4 Å². The van der Waals surface area contributed by atoms with Gasteiger partial charge in [-0.1, -0.05) is 35.9 Å². The number of rotatable bonds is 9. The van der Waals surface area contributed by atoms with Crippen LogP contribution >= 0.6 is 11.8 Å².